The summed E-state index contributed by atoms with van der Waals surface area (Å²) in [6.45, 7) is 4.95. The van der Waals surface area contributed by atoms with Gasteiger partial charge in [-0.15, -0.1) is 0 Å². The van der Waals surface area contributed by atoms with Crippen molar-refractivity contribution < 1.29 is 5.11 Å². The summed E-state index contributed by atoms with van der Waals surface area (Å²) in [6, 6.07) is 0. The Kier molecular flexibility index (Phi) is 11.0. The van der Waals surface area contributed by atoms with Gasteiger partial charge in [0.2, 0.25) is 0 Å². The molecule has 0 aromatic carbocycles. The van der Waals surface area contributed by atoms with Crippen LogP contribution in [0.3, 0.4) is 0 Å². The van der Waals surface area contributed by atoms with Gasteiger partial charge >= 0.3 is 0 Å². The molecule has 92 valence electrons. The maximum atomic E-state index is 9.19. The molecule has 1 nitrogen and oxygen atoms in total. The number of hydrogen-bond acceptors (Lipinski definition) is 2. The van der Waals surface area contributed by atoms with Gasteiger partial charge in [0.1, 0.15) is 0 Å². The van der Waals surface area contributed by atoms with Gasteiger partial charge in [-0.25, -0.2) is 0 Å². The second-order valence-corrected chi connectivity index (χ2v) is 5.85. The summed E-state index contributed by atoms with van der Waals surface area (Å²) < 4.78 is 0. The van der Waals surface area contributed by atoms with E-state index in [1.165, 1.54) is 44.3 Å². The second-order valence-electron chi connectivity index (χ2n) is 4.86. The standard InChI is InChI=1S/C13H28OS/c1-12(2)7-5-4-6-8-13(11-14)9-10-15-3/h12-14H,4-11H2,1-3H3/t13-/m1/s1. The van der Waals surface area contributed by atoms with E-state index in [4.69, 9.17) is 0 Å². The third kappa shape index (κ3) is 10.6. The molecule has 0 aromatic rings. The molecule has 0 saturated carbocycles. The van der Waals surface area contributed by atoms with Gasteiger partial charge in [-0.3, -0.25) is 0 Å². The van der Waals surface area contributed by atoms with E-state index < -0.39 is 0 Å². The molecule has 0 aliphatic carbocycles. The fourth-order valence-electron chi connectivity index (χ4n) is 1.77. The topological polar surface area (TPSA) is 20.2 Å². The lowest BCUT2D eigenvalue weighted by Crippen LogP contribution is -2.07. The van der Waals surface area contributed by atoms with Crippen molar-refractivity contribution in [3.8, 4) is 0 Å². The predicted molar refractivity (Wildman–Crippen MR) is 71.5 cm³/mol. The SMILES string of the molecule is CSCC[C@H](CO)CCCCCC(C)C. The molecule has 1 N–H and O–H groups in total. The van der Waals surface area contributed by atoms with Crippen LogP contribution in [0.1, 0.15) is 52.4 Å². The van der Waals surface area contributed by atoms with Crippen LogP contribution in [0.2, 0.25) is 0 Å². The number of aliphatic hydroxyl groups is 1. The fraction of sp³-hybridized carbons (Fsp3) is 1.00. The minimum atomic E-state index is 0.380. The number of rotatable bonds is 10. The molecule has 1 atom stereocenters. The average Bonchev–Trinajstić information content (AvgIpc) is 2.21. The van der Waals surface area contributed by atoms with Crippen LogP contribution in [-0.4, -0.2) is 23.7 Å². The summed E-state index contributed by atoms with van der Waals surface area (Å²) in [4.78, 5) is 0. The Morgan fingerprint density at radius 3 is 2.20 bits per heavy atom. The van der Waals surface area contributed by atoms with Crippen molar-refractivity contribution in [1.29, 1.82) is 0 Å². The highest BCUT2D eigenvalue weighted by atomic mass is 32.2. The van der Waals surface area contributed by atoms with Crippen molar-refractivity contribution in [3.05, 3.63) is 0 Å². The molecule has 0 aliphatic heterocycles. The van der Waals surface area contributed by atoms with Crippen LogP contribution in [-0.2, 0) is 0 Å². The molecule has 0 aliphatic rings. The zero-order valence-corrected chi connectivity index (χ0v) is 11.5. The third-order valence-electron chi connectivity index (χ3n) is 2.88. The van der Waals surface area contributed by atoms with Gasteiger partial charge in [-0.2, -0.15) is 11.8 Å². The van der Waals surface area contributed by atoms with Crippen molar-refractivity contribution in [1.82, 2.24) is 0 Å². The molecule has 15 heavy (non-hydrogen) atoms. The van der Waals surface area contributed by atoms with Gasteiger partial charge < -0.3 is 5.11 Å². The van der Waals surface area contributed by atoms with Crippen LogP contribution in [0.4, 0.5) is 0 Å². The van der Waals surface area contributed by atoms with E-state index in [1.54, 1.807) is 0 Å². The van der Waals surface area contributed by atoms with E-state index in [0.29, 0.717) is 12.5 Å². The monoisotopic (exact) mass is 232 g/mol. The van der Waals surface area contributed by atoms with E-state index in [2.05, 4.69) is 20.1 Å². The lowest BCUT2D eigenvalue weighted by atomic mass is 9.98. The maximum absolute atomic E-state index is 9.19. The molecule has 0 bridgehead atoms. The summed E-state index contributed by atoms with van der Waals surface area (Å²) in [7, 11) is 0. The highest BCUT2D eigenvalue weighted by Gasteiger charge is 2.06. The Balaban J connectivity index is 3.30. The highest BCUT2D eigenvalue weighted by Crippen LogP contribution is 2.17. The van der Waals surface area contributed by atoms with Crippen molar-refractivity contribution in [2.45, 2.75) is 52.4 Å². The van der Waals surface area contributed by atoms with E-state index in [-0.39, 0.29) is 0 Å². The molecule has 0 rings (SSSR count). The first-order chi connectivity index (χ1) is 7.20. The van der Waals surface area contributed by atoms with Crippen LogP contribution in [0, 0.1) is 11.8 Å². The lowest BCUT2D eigenvalue weighted by Gasteiger charge is -2.13. The predicted octanol–water partition coefficient (Wildman–Crippen LogP) is 3.95. The fourth-order valence-corrected chi connectivity index (χ4v) is 2.34. The molecule has 0 spiro atoms. The first-order valence-electron chi connectivity index (χ1n) is 6.30. The van der Waals surface area contributed by atoms with E-state index in [9.17, 15) is 5.11 Å². The zero-order valence-electron chi connectivity index (χ0n) is 10.7. The average molecular weight is 232 g/mol. The van der Waals surface area contributed by atoms with E-state index >= 15 is 0 Å². The second kappa shape index (κ2) is 10.8. The quantitative estimate of drug-likeness (QED) is 0.575. The minimum Gasteiger partial charge on any atom is -0.396 e. The number of unbranched alkanes of at least 4 members (excludes halogenated alkanes) is 2. The molecule has 0 fully saturated rings. The highest BCUT2D eigenvalue weighted by molar-refractivity contribution is 7.98. The van der Waals surface area contributed by atoms with Gasteiger partial charge in [-0.1, -0.05) is 39.5 Å². The van der Waals surface area contributed by atoms with Crippen LogP contribution in [0.5, 0.6) is 0 Å². The normalized spacial score (nSPS) is 13.4. The molecular formula is C13H28OS. The van der Waals surface area contributed by atoms with Crippen LogP contribution < -0.4 is 0 Å². The summed E-state index contributed by atoms with van der Waals surface area (Å²) in [5.74, 6) is 2.59. The number of aliphatic hydroxyl groups excluding tert-OH is 1. The van der Waals surface area contributed by atoms with Gasteiger partial charge in [-0.05, 0) is 36.7 Å². The van der Waals surface area contributed by atoms with Gasteiger partial charge in [0.05, 0.1) is 0 Å². The first-order valence-corrected chi connectivity index (χ1v) is 7.69. The third-order valence-corrected chi connectivity index (χ3v) is 3.53. The molecule has 0 aromatic heterocycles. The van der Waals surface area contributed by atoms with Crippen LogP contribution in [0.15, 0.2) is 0 Å². The number of thioether (sulfide) groups is 1. The maximum Gasteiger partial charge on any atom is 0.0459 e. The van der Waals surface area contributed by atoms with Crippen LogP contribution in [0.25, 0.3) is 0 Å². The lowest BCUT2D eigenvalue weighted by molar-refractivity contribution is 0.212. The molecule has 0 heterocycles. The summed E-state index contributed by atoms with van der Waals surface area (Å²) in [6.07, 6.45) is 9.89. The Bertz CT molecular complexity index is 126. The van der Waals surface area contributed by atoms with Gasteiger partial charge in [0, 0.05) is 6.61 Å². The number of hydrogen-bond donors (Lipinski definition) is 1. The van der Waals surface area contributed by atoms with Crippen molar-refractivity contribution >= 4 is 11.8 Å². The Morgan fingerprint density at radius 2 is 1.67 bits per heavy atom. The molecule has 0 saturated heterocycles. The molecular weight excluding hydrogens is 204 g/mol. The summed E-state index contributed by atoms with van der Waals surface area (Å²) >= 11 is 1.88. The minimum absolute atomic E-state index is 0.380. The largest absolute Gasteiger partial charge is 0.396 e. The Morgan fingerprint density at radius 1 is 1.00 bits per heavy atom. The first kappa shape index (κ1) is 15.3. The summed E-state index contributed by atoms with van der Waals surface area (Å²) in [5, 5.41) is 9.19. The molecule has 2 heteroatoms. The van der Waals surface area contributed by atoms with Crippen molar-refractivity contribution in [3.63, 3.8) is 0 Å². The molecule has 0 radical (unpaired) electrons. The van der Waals surface area contributed by atoms with Crippen LogP contribution >= 0.6 is 11.8 Å². The van der Waals surface area contributed by atoms with Crippen molar-refractivity contribution in [2.75, 3.05) is 18.6 Å². The smallest absolute Gasteiger partial charge is 0.0459 e. The Hall–Kier alpha value is 0.310. The molecule has 0 amide bonds. The zero-order chi connectivity index (χ0) is 11.5. The van der Waals surface area contributed by atoms with Gasteiger partial charge in [0.15, 0.2) is 0 Å². The van der Waals surface area contributed by atoms with Gasteiger partial charge in [0.25, 0.3) is 0 Å². The van der Waals surface area contributed by atoms with E-state index in [0.717, 1.165) is 5.92 Å². The van der Waals surface area contributed by atoms with Crippen molar-refractivity contribution in [2.24, 2.45) is 11.8 Å². The van der Waals surface area contributed by atoms with E-state index in [1.807, 2.05) is 11.8 Å². The molecule has 0 unspecified atom stereocenters. The Labute approximate surface area is 100 Å². The summed E-state index contributed by atoms with van der Waals surface area (Å²) in [5.41, 5.74) is 0.